The summed E-state index contributed by atoms with van der Waals surface area (Å²) >= 11 is 0. The van der Waals surface area contributed by atoms with E-state index >= 15 is 0 Å². The molecule has 0 radical (unpaired) electrons. The Labute approximate surface area is 536 Å². The van der Waals surface area contributed by atoms with Crippen molar-refractivity contribution in [1.82, 2.24) is 34.9 Å². The third-order valence-electron chi connectivity index (χ3n) is 16.7. The van der Waals surface area contributed by atoms with E-state index in [0.29, 0.717) is 19.1 Å². The van der Waals surface area contributed by atoms with Crippen LogP contribution in [0, 0.1) is 159 Å². The largest absolute Gasteiger partial charge is 0.491 e. The van der Waals surface area contributed by atoms with Crippen molar-refractivity contribution in [3.05, 3.63) is 171 Å². The van der Waals surface area contributed by atoms with Crippen LogP contribution in [0.3, 0.4) is 0 Å². The van der Waals surface area contributed by atoms with Gasteiger partial charge < -0.3 is 23.8 Å². The zero-order chi connectivity index (χ0) is 67.0. The predicted octanol–water partition coefficient (Wildman–Crippen LogP) is 19.1. The monoisotopic (exact) mass is 1210 g/mol. The number of hydrogen-bond donors (Lipinski definition) is 0. The molecule has 0 unspecified atom stereocenters. The average Bonchev–Trinajstić information content (AvgIpc) is 1.60. The van der Waals surface area contributed by atoms with Gasteiger partial charge in [0.2, 0.25) is 0 Å². The molecule has 6 aromatic heterocycles. The van der Waals surface area contributed by atoms with Crippen molar-refractivity contribution in [1.29, 1.82) is 0 Å². The number of hydrogen-bond acceptors (Lipinski definition) is 12. The molecule has 0 saturated heterocycles. The predicted molar refractivity (Wildman–Crippen MR) is 378 cm³/mol. The highest BCUT2D eigenvalue weighted by molar-refractivity contribution is 5.90. The Morgan fingerprint density at radius 3 is 1.31 bits per heavy atom. The summed E-state index contributed by atoms with van der Waals surface area (Å²) in [5, 5.41) is 1.35. The Bertz CT molecular complexity index is 3920. The number of rotatable bonds is 0. The lowest BCUT2D eigenvalue weighted by Gasteiger charge is -2.31. The molecular formula is C77H108N8O4. The highest BCUT2D eigenvalue weighted by Gasteiger charge is 2.21. The van der Waals surface area contributed by atoms with Gasteiger partial charge in [0.1, 0.15) is 31.3 Å². The first-order valence-corrected chi connectivity index (χ1v) is 32.2. The summed E-state index contributed by atoms with van der Waals surface area (Å²) in [5.74, 6) is 3.52. The van der Waals surface area contributed by atoms with Crippen molar-refractivity contribution < 1.29 is 18.9 Å². The van der Waals surface area contributed by atoms with E-state index in [0.717, 1.165) is 117 Å². The highest BCUT2D eigenvalue weighted by atomic mass is 16.6. The molecule has 0 fully saturated rings. The quantitative estimate of drug-likeness (QED) is 0.143. The van der Waals surface area contributed by atoms with Crippen LogP contribution < -0.4 is 23.8 Å². The first-order chi connectivity index (χ1) is 42.1. The molecule has 0 N–H and O–H groups in total. The van der Waals surface area contributed by atoms with E-state index < -0.39 is 0 Å². The second-order valence-electron chi connectivity index (χ2n) is 23.2. The van der Waals surface area contributed by atoms with Crippen LogP contribution in [0.25, 0.3) is 33.0 Å². The maximum atomic E-state index is 5.72. The minimum absolute atomic E-state index is 0.600. The van der Waals surface area contributed by atoms with Crippen LogP contribution in [0.1, 0.15) is 176 Å². The molecule has 3 aliphatic heterocycles. The summed E-state index contributed by atoms with van der Waals surface area (Å²) < 4.78 is 21.9. The second kappa shape index (κ2) is 33.2. The number of nitrogens with zero attached hydrogens (tertiary/aromatic N) is 8. The second-order valence-corrected chi connectivity index (χ2v) is 23.2. The molecule has 3 aromatic carbocycles. The van der Waals surface area contributed by atoms with Crippen molar-refractivity contribution in [3.8, 4) is 23.1 Å². The summed E-state index contributed by atoms with van der Waals surface area (Å²) in [7, 11) is 2.13. The molecule has 89 heavy (non-hydrogen) atoms. The van der Waals surface area contributed by atoms with Crippen molar-refractivity contribution in [2.75, 3.05) is 44.9 Å². The Balaban J connectivity index is 0.000000225. The number of anilines is 1. The van der Waals surface area contributed by atoms with Crippen LogP contribution in [0.5, 0.6) is 23.1 Å². The van der Waals surface area contributed by atoms with Crippen molar-refractivity contribution in [3.63, 3.8) is 0 Å². The first-order valence-electron chi connectivity index (χ1n) is 32.2. The summed E-state index contributed by atoms with van der Waals surface area (Å²) in [6, 6.07) is 12.8. The Morgan fingerprint density at radius 1 is 0.303 bits per heavy atom. The van der Waals surface area contributed by atoms with Gasteiger partial charge in [-0.25, -0.2) is 15.0 Å². The molecule has 0 amide bonds. The first kappa shape index (κ1) is 73.7. The number of likely N-dealkylation sites (N-methyl/N-ethyl adjacent to an activating group) is 1. The van der Waals surface area contributed by atoms with Gasteiger partial charge in [-0.1, -0.05) is 59.7 Å². The van der Waals surface area contributed by atoms with E-state index in [4.69, 9.17) is 23.9 Å². The number of fused-ring (bicyclic) bond motifs is 6. The Morgan fingerprint density at radius 2 is 0.708 bits per heavy atom. The smallest absolute Gasteiger partial charge is 0.257 e. The van der Waals surface area contributed by atoms with Crippen LogP contribution in [-0.2, 0) is 6.42 Å². The lowest BCUT2D eigenvalue weighted by molar-refractivity contribution is 0.163. The lowest BCUT2D eigenvalue weighted by Crippen LogP contribution is -2.30. The molecule has 3 aliphatic rings. The van der Waals surface area contributed by atoms with Crippen LogP contribution in [0.2, 0.25) is 0 Å². The lowest BCUT2D eigenvalue weighted by atomic mass is 9.94. The summed E-state index contributed by atoms with van der Waals surface area (Å²) in [6.07, 6.45) is 0.970. The van der Waals surface area contributed by atoms with Crippen LogP contribution in [0.4, 0.5) is 5.69 Å². The minimum Gasteiger partial charge on any atom is -0.491 e. The molecule has 12 rings (SSSR count). The van der Waals surface area contributed by atoms with Gasteiger partial charge in [-0.15, -0.1) is 0 Å². The van der Waals surface area contributed by atoms with Crippen molar-refractivity contribution >= 4 is 38.7 Å². The minimum atomic E-state index is 0.600. The van der Waals surface area contributed by atoms with Crippen molar-refractivity contribution in [2.45, 2.75) is 207 Å². The summed E-state index contributed by atoms with van der Waals surface area (Å²) in [5.41, 5.74) is 35.6. The molecule has 9 heterocycles. The Hall–Kier alpha value is -7.73. The molecule has 0 spiro atoms. The van der Waals surface area contributed by atoms with E-state index in [-0.39, 0.29) is 0 Å². The van der Waals surface area contributed by atoms with Gasteiger partial charge in [0, 0.05) is 47.3 Å². The van der Waals surface area contributed by atoms with Gasteiger partial charge in [0.15, 0.2) is 5.75 Å². The van der Waals surface area contributed by atoms with E-state index in [9.17, 15) is 0 Å². The number of aryl methyl sites for hydroxylation is 20. The topological polar surface area (TPSA) is 130 Å². The van der Waals surface area contributed by atoms with Gasteiger partial charge in [-0.2, -0.15) is 0 Å². The zero-order valence-corrected chi connectivity index (χ0v) is 60.4. The van der Waals surface area contributed by atoms with E-state index in [1.54, 1.807) is 0 Å². The van der Waals surface area contributed by atoms with Crippen LogP contribution in [0.15, 0.2) is 36.4 Å². The summed E-state index contributed by atoms with van der Waals surface area (Å²) in [4.78, 5) is 34.1. The number of aromatic nitrogens is 7. The van der Waals surface area contributed by atoms with Crippen LogP contribution >= 0.6 is 0 Å². The SMILES string of the molecule is CC.CC.CC.Cc1cc(C)c2c(c1C)N(C)CCO2.Cc1cc(C)c2c(n1)CCO2.Cc1cc(C)c2c(n1)OCCO2.Cc1cc(C)c2nc(C)c(C)c(C)c2c1C.Cc1cc(C)c2nc(C)c(C)c(C)c2n1.Cc1cc(C)c2nc(C)c(C)nc2c1C. The maximum Gasteiger partial charge on any atom is 0.257 e. The molecular weight excluding hydrogens is 1100 g/mol. The fourth-order valence-electron chi connectivity index (χ4n) is 11.1. The van der Waals surface area contributed by atoms with E-state index in [2.05, 4.69) is 190 Å². The average molecular weight is 1210 g/mol. The fourth-order valence-corrected chi connectivity index (χ4v) is 11.1. The fraction of sp³-hybridized carbons (Fsp3) is 0.468. The number of ether oxygens (including phenoxy) is 4. The third-order valence-corrected chi connectivity index (χ3v) is 16.7. The molecule has 0 bridgehead atoms. The van der Waals surface area contributed by atoms with Gasteiger partial charge in [-0.3, -0.25) is 19.9 Å². The molecule has 0 aliphatic carbocycles. The molecule has 12 nitrogen and oxygen atoms in total. The number of pyridine rings is 5. The molecule has 480 valence electrons. The molecule has 9 aromatic rings. The van der Waals surface area contributed by atoms with Crippen LogP contribution in [-0.4, -0.2) is 74.9 Å². The molecule has 0 saturated carbocycles. The third kappa shape index (κ3) is 17.6. The number of benzene rings is 3. The van der Waals surface area contributed by atoms with Gasteiger partial charge in [0.25, 0.3) is 5.88 Å². The standard InChI is InChI=1S/C15H19N.2C13H16N2.C12H17NO.C9H11NO2.C9H11NO.3C2H6/c1-8-7-9(2)15-14(10(8)3)12(5)11(4)13(6)16-15;1-7-6-8(2)14-13-10(4)9(3)11(5)15-12(7)13;1-7-6-8(2)12-13(9(7)3)15-11(5)10(4)14-12;1-8-7-9(2)12-11(10(8)3)13(4)5-6-14-12;1-6-5-7(2)10-9-8(6)11-3-4-12-9;1-6-5-7(2)10-8-3-4-11-9(6)8;3*1-2/h7H,1-6H3;2*6H,1-5H3;7H,5-6H2,1-4H3;5H,3-4H2,1-2H3;5H,3-4H2,1-2H3;3*1-2H3. The highest BCUT2D eigenvalue weighted by Crippen LogP contribution is 2.39. The normalized spacial score (nSPS) is 12.0. The zero-order valence-electron chi connectivity index (χ0n) is 60.4. The van der Waals surface area contributed by atoms with Gasteiger partial charge in [0.05, 0.1) is 63.5 Å². The van der Waals surface area contributed by atoms with Gasteiger partial charge >= 0.3 is 0 Å². The van der Waals surface area contributed by atoms with E-state index in [1.165, 1.54) is 100 Å². The maximum absolute atomic E-state index is 5.72. The molecule has 0 atom stereocenters. The summed E-state index contributed by atoms with van der Waals surface area (Å²) in [6.45, 7) is 64.0. The Kier molecular flexibility index (Phi) is 27.5. The molecule has 12 heteroatoms. The van der Waals surface area contributed by atoms with Gasteiger partial charge in [-0.05, 0) is 266 Å². The van der Waals surface area contributed by atoms with Crippen molar-refractivity contribution in [2.24, 2.45) is 0 Å². The van der Waals surface area contributed by atoms with E-state index in [1.807, 2.05) is 89.2 Å².